The molecule has 0 bridgehead atoms. The van der Waals surface area contributed by atoms with Crippen LogP contribution >= 0.6 is 27.5 Å². The van der Waals surface area contributed by atoms with E-state index in [-0.39, 0.29) is 12.1 Å². The van der Waals surface area contributed by atoms with Gasteiger partial charge in [-0.15, -0.1) is 0 Å². The molecule has 0 radical (unpaired) electrons. The van der Waals surface area contributed by atoms with Gasteiger partial charge in [-0.25, -0.2) is 4.79 Å². The Morgan fingerprint density at radius 1 is 1.47 bits per heavy atom. The molecule has 3 nitrogen and oxygen atoms in total. The van der Waals surface area contributed by atoms with Gasteiger partial charge in [0.1, 0.15) is 0 Å². The van der Waals surface area contributed by atoms with Gasteiger partial charge in [0, 0.05) is 16.2 Å². The van der Waals surface area contributed by atoms with Crippen LogP contribution in [0.1, 0.15) is 13.8 Å². The summed E-state index contributed by atoms with van der Waals surface area (Å²) in [4.78, 5) is 11.3. The second-order valence-electron chi connectivity index (χ2n) is 3.38. The number of nitrogens with one attached hydrogen (secondary N) is 2. The van der Waals surface area contributed by atoms with Gasteiger partial charge in [-0.05, 0) is 48.0 Å². The quantitative estimate of drug-likeness (QED) is 0.858. The van der Waals surface area contributed by atoms with E-state index < -0.39 is 0 Å². The molecule has 0 aliphatic carbocycles. The molecule has 0 spiro atoms. The van der Waals surface area contributed by atoms with Crippen molar-refractivity contribution in [2.75, 3.05) is 5.32 Å². The van der Waals surface area contributed by atoms with Crippen molar-refractivity contribution in [2.24, 2.45) is 0 Å². The lowest BCUT2D eigenvalue weighted by molar-refractivity contribution is 0.250. The Morgan fingerprint density at radius 3 is 2.67 bits per heavy atom. The number of rotatable bonds is 2. The molecule has 0 unspecified atom stereocenters. The van der Waals surface area contributed by atoms with Crippen molar-refractivity contribution in [3.63, 3.8) is 0 Å². The van der Waals surface area contributed by atoms with Gasteiger partial charge in [0.05, 0.1) is 5.02 Å². The van der Waals surface area contributed by atoms with E-state index in [2.05, 4.69) is 26.6 Å². The van der Waals surface area contributed by atoms with Gasteiger partial charge in [0.2, 0.25) is 0 Å². The highest BCUT2D eigenvalue weighted by Gasteiger charge is 2.04. The number of hydrogen-bond acceptors (Lipinski definition) is 1. The van der Waals surface area contributed by atoms with Crippen molar-refractivity contribution in [2.45, 2.75) is 19.9 Å². The third-order valence-corrected chi connectivity index (χ3v) is 2.83. The van der Waals surface area contributed by atoms with Crippen LogP contribution in [-0.4, -0.2) is 12.1 Å². The zero-order valence-electron chi connectivity index (χ0n) is 8.47. The molecule has 0 saturated heterocycles. The molecule has 2 N–H and O–H groups in total. The van der Waals surface area contributed by atoms with Crippen LogP contribution in [-0.2, 0) is 0 Å². The summed E-state index contributed by atoms with van der Waals surface area (Å²) in [5.74, 6) is 0. The summed E-state index contributed by atoms with van der Waals surface area (Å²) in [6.07, 6.45) is 0. The minimum atomic E-state index is -0.233. The van der Waals surface area contributed by atoms with Crippen LogP contribution in [0.25, 0.3) is 0 Å². The molecule has 0 aromatic heterocycles. The monoisotopic (exact) mass is 290 g/mol. The number of halogens is 2. The maximum absolute atomic E-state index is 11.3. The van der Waals surface area contributed by atoms with E-state index in [1.165, 1.54) is 0 Å². The molecule has 2 amide bonds. The lowest BCUT2D eigenvalue weighted by Gasteiger charge is -2.10. The summed E-state index contributed by atoms with van der Waals surface area (Å²) in [6, 6.07) is 5.12. The highest BCUT2D eigenvalue weighted by atomic mass is 79.9. The molecule has 0 heterocycles. The van der Waals surface area contributed by atoms with E-state index in [1.54, 1.807) is 18.2 Å². The van der Waals surface area contributed by atoms with E-state index in [4.69, 9.17) is 11.6 Å². The van der Waals surface area contributed by atoms with Crippen molar-refractivity contribution in [3.05, 3.63) is 27.7 Å². The highest BCUT2D eigenvalue weighted by Crippen LogP contribution is 2.25. The van der Waals surface area contributed by atoms with Crippen LogP contribution in [0.4, 0.5) is 10.5 Å². The van der Waals surface area contributed by atoms with E-state index in [9.17, 15) is 4.79 Å². The average Bonchev–Trinajstić information content (AvgIpc) is 2.10. The Bertz CT molecular complexity index is 368. The average molecular weight is 292 g/mol. The smallest absolute Gasteiger partial charge is 0.319 e. The molecule has 5 heteroatoms. The largest absolute Gasteiger partial charge is 0.336 e. The maximum Gasteiger partial charge on any atom is 0.319 e. The van der Waals surface area contributed by atoms with Crippen LogP contribution in [0.15, 0.2) is 22.7 Å². The second kappa shape index (κ2) is 5.37. The SMILES string of the molecule is CC(C)NC(=O)Nc1ccc(Br)c(Cl)c1. The number of urea groups is 1. The minimum Gasteiger partial charge on any atom is -0.336 e. The standard InChI is InChI=1S/C10H12BrClN2O/c1-6(2)13-10(15)14-7-3-4-8(11)9(12)5-7/h3-6H,1-2H3,(H2,13,14,15). The van der Waals surface area contributed by atoms with Crippen molar-refractivity contribution < 1.29 is 4.79 Å². The summed E-state index contributed by atoms with van der Waals surface area (Å²) in [6.45, 7) is 3.79. The van der Waals surface area contributed by atoms with Gasteiger partial charge < -0.3 is 10.6 Å². The summed E-state index contributed by atoms with van der Waals surface area (Å²) in [5.41, 5.74) is 0.668. The summed E-state index contributed by atoms with van der Waals surface area (Å²) < 4.78 is 0.805. The normalized spacial score (nSPS) is 10.2. The Kier molecular flexibility index (Phi) is 4.42. The van der Waals surface area contributed by atoms with Crippen LogP contribution in [0, 0.1) is 0 Å². The first-order valence-electron chi connectivity index (χ1n) is 4.51. The summed E-state index contributed by atoms with van der Waals surface area (Å²) in [7, 11) is 0. The number of amides is 2. The molecule has 15 heavy (non-hydrogen) atoms. The third kappa shape index (κ3) is 4.10. The first-order valence-corrected chi connectivity index (χ1v) is 5.68. The van der Waals surface area contributed by atoms with Crippen molar-refractivity contribution in [1.82, 2.24) is 5.32 Å². The topological polar surface area (TPSA) is 41.1 Å². The van der Waals surface area contributed by atoms with Gasteiger partial charge in [0.15, 0.2) is 0 Å². The maximum atomic E-state index is 11.3. The molecule has 0 aliphatic rings. The van der Waals surface area contributed by atoms with Gasteiger partial charge >= 0.3 is 6.03 Å². The Hall–Kier alpha value is -0.740. The molecule has 1 rings (SSSR count). The van der Waals surface area contributed by atoms with E-state index >= 15 is 0 Å². The molecule has 0 atom stereocenters. The molecule has 0 fully saturated rings. The van der Waals surface area contributed by atoms with Crippen LogP contribution in [0.5, 0.6) is 0 Å². The molecule has 0 aliphatic heterocycles. The second-order valence-corrected chi connectivity index (χ2v) is 4.64. The number of hydrogen-bond donors (Lipinski definition) is 2. The Labute approximate surface area is 102 Å². The fraction of sp³-hybridized carbons (Fsp3) is 0.300. The van der Waals surface area contributed by atoms with Crippen molar-refractivity contribution in [1.29, 1.82) is 0 Å². The Balaban J connectivity index is 2.65. The molecule has 1 aromatic rings. The zero-order chi connectivity index (χ0) is 11.4. The van der Waals surface area contributed by atoms with Crippen molar-refractivity contribution >= 4 is 39.2 Å². The molecular formula is C10H12BrClN2O. The Morgan fingerprint density at radius 2 is 2.13 bits per heavy atom. The van der Waals surface area contributed by atoms with Gasteiger partial charge in [0.25, 0.3) is 0 Å². The summed E-state index contributed by atoms with van der Waals surface area (Å²) in [5, 5.41) is 5.97. The van der Waals surface area contributed by atoms with Crippen LogP contribution in [0.2, 0.25) is 5.02 Å². The van der Waals surface area contributed by atoms with Crippen molar-refractivity contribution in [3.8, 4) is 0 Å². The number of carbonyl (C=O) groups excluding carboxylic acids is 1. The molecule has 82 valence electrons. The number of carbonyl (C=O) groups is 1. The lowest BCUT2D eigenvalue weighted by atomic mass is 10.3. The predicted molar refractivity (Wildman–Crippen MR) is 66.4 cm³/mol. The van der Waals surface area contributed by atoms with Gasteiger partial charge in [-0.3, -0.25) is 0 Å². The highest BCUT2D eigenvalue weighted by molar-refractivity contribution is 9.10. The van der Waals surface area contributed by atoms with Crippen LogP contribution in [0.3, 0.4) is 0 Å². The first kappa shape index (κ1) is 12.3. The molecular weight excluding hydrogens is 279 g/mol. The predicted octanol–water partition coefficient (Wildman–Crippen LogP) is 3.63. The third-order valence-electron chi connectivity index (χ3n) is 1.60. The minimum absolute atomic E-state index is 0.107. The lowest BCUT2D eigenvalue weighted by Crippen LogP contribution is -2.34. The molecule has 1 aromatic carbocycles. The van der Waals surface area contributed by atoms with E-state index in [1.807, 2.05) is 13.8 Å². The molecule has 0 saturated carbocycles. The first-order chi connectivity index (χ1) is 6.99. The summed E-state index contributed by atoms with van der Waals surface area (Å²) >= 11 is 9.16. The zero-order valence-corrected chi connectivity index (χ0v) is 10.8. The fourth-order valence-electron chi connectivity index (χ4n) is 1.00. The number of anilines is 1. The van der Waals surface area contributed by atoms with Gasteiger partial charge in [-0.2, -0.15) is 0 Å². The van der Waals surface area contributed by atoms with E-state index in [0.29, 0.717) is 10.7 Å². The van der Waals surface area contributed by atoms with E-state index in [0.717, 1.165) is 4.47 Å². The van der Waals surface area contributed by atoms with Gasteiger partial charge in [-0.1, -0.05) is 11.6 Å². The van der Waals surface area contributed by atoms with Crippen LogP contribution < -0.4 is 10.6 Å². The fourth-order valence-corrected chi connectivity index (χ4v) is 1.43. The number of benzene rings is 1.